The summed E-state index contributed by atoms with van der Waals surface area (Å²) in [5, 5.41) is 3.32. The number of hydrogen-bond acceptors (Lipinski definition) is 7. The number of thiol groups is 1. The van der Waals surface area contributed by atoms with Gasteiger partial charge in [-0.25, -0.2) is 4.98 Å². The Bertz CT molecular complexity index is 449. The monoisotopic (exact) mass is 267 g/mol. The normalized spacial score (nSPS) is 23.4. The number of ether oxygens (including phenoxy) is 1. The van der Waals surface area contributed by atoms with Gasteiger partial charge in [-0.15, -0.1) is 12.6 Å². The molecule has 3 N–H and O–H groups in total. The Hall–Kier alpha value is -1.21. The Morgan fingerprint density at radius 2 is 2.11 bits per heavy atom. The molecule has 1 aromatic rings. The first kappa shape index (κ1) is 11.9. The van der Waals surface area contributed by atoms with Gasteiger partial charge in [0.1, 0.15) is 5.44 Å². The van der Waals surface area contributed by atoms with Crippen molar-refractivity contribution in [1.29, 1.82) is 0 Å². The van der Waals surface area contributed by atoms with Crippen LogP contribution in [0.25, 0.3) is 0 Å². The minimum atomic E-state index is -0.0774. The zero-order chi connectivity index (χ0) is 12.5. The first-order chi connectivity index (χ1) is 8.74. The van der Waals surface area contributed by atoms with Gasteiger partial charge in [0.05, 0.1) is 5.69 Å². The highest BCUT2D eigenvalue weighted by atomic mass is 32.1. The number of nitrogen functional groups attached to an aromatic ring is 1. The Labute approximate surface area is 111 Å². The van der Waals surface area contributed by atoms with Crippen LogP contribution in [0.5, 0.6) is 5.75 Å². The van der Waals surface area contributed by atoms with Crippen molar-refractivity contribution >= 4 is 24.4 Å². The number of aryl methyl sites for hydroxylation is 1. The molecule has 0 aliphatic carbocycles. The van der Waals surface area contributed by atoms with Gasteiger partial charge < -0.3 is 20.7 Å². The maximum absolute atomic E-state index is 5.79. The molecule has 0 spiro atoms. The average molecular weight is 267 g/mol. The number of rotatable bonds is 1. The predicted octanol–water partition coefficient (Wildman–Crippen LogP) is 0.0493. The lowest BCUT2D eigenvalue weighted by molar-refractivity contribution is 0.254. The zero-order valence-electron chi connectivity index (χ0n) is 10.1. The molecule has 6 nitrogen and oxygen atoms in total. The van der Waals surface area contributed by atoms with Gasteiger partial charge in [0.25, 0.3) is 0 Å². The third-order valence-electron chi connectivity index (χ3n) is 3.23. The molecule has 1 aromatic heterocycles. The van der Waals surface area contributed by atoms with E-state index in [4.69, 9.17) is 10.5 Å². The second-order valence-electron chi connectivity index (χ2n) is 4.53. The third-order valence-corrected chi connectivity index (χ3v) is 3.60. The summed E-state index contributed by atoms with van der Waals surface area (Å²) >= 11 is 4.38. The number of fused-ring (bicyclic) bond motifs is 1. The molecule has 1 atom stereocenters. The van der Waals surface area contributed by atoms with Gasteiger partial charge in [-0.1, -0.05) is 0 Å². The number of anilines is 2. The van der Waals surface area contributed by atoms with Gasteiger partial charge in [-0.2, -0.15) is 4.98 Å². The molecule has 98 valence electrons. The van der Waals surface area contributed by atoms with Gasteiger partial charge in [-0.05, 0) is 12.8 Å². The summed E-state index contributed by atoms with van der Waals surface area (Å²) in [7, 11) is 0. The fourth-order valence-corrected chi connectivity index (χ4v) is 2.57. The van der Waals surface area contributed by atoms with Crippen molar-refractivity contribution < 1.29 is 4.74 Å². The summed E-state index contributed by atoms with van der Waals surface area (Å²) in [5.74, 6) is 1.90. The van der Waals surface area contributed by atoms with Crippen LogP contribution in [0.4, 0.5) is 11.8 Å². The Morgan fingerprint density at radius 1 is 1.33 bits per heavy atom. The van der Waals surface area contributed by atoms with Crippen LogP contribution >= 0.6 is 12.6 Å². The van der Waals surface area contributed by atoms with E-state index in [0.29, 0.717) is 5.95 Å². The van der Waals surface area contributed by atoms with Crippen molar-refractivity contribution in [3.8, 4) is 5.75 Å². The molecule has 0 saturated carbocycles. The largest absolute Gasteiger partial charge is 0.474 e. The van der Waals surface area contributed by atoms with Gasteiger partial charge in [0.15, 0.2) is 11.6 Å². The Kier molecular flexibility index (Phi) is 3.17. The number of nitrogens with two attached hydrogens (primary N) is 1. The van der Waals surface area contributed by atoms with E-state index in [2.05, 4.69) is 32.8 Å². The van der Waals surface area contributed by atoms with Crippen LogP contribution in [0.15, 0.2) is 0 Å². The zero-order valence-corrected chi connectivity index (χ0v) is 11.0. The highest BCUT2D eigenvalue weighted by Gasteiger charge is 2.26. The summed E-state index contributed by atoms with van der Waals surface area (Å²) in [6, 6.07) is 0. The molecule has 0 aromatic carbocycles. The Morgan fingerprint density at radius 3 is 2.89 bits per heavy atom. The van der Waals surface area contributed by atoms with Crippen molar-refractivity contribution in [2.24, 2.45) is 0 Å². The van der Waals surface area contributed by atoms with Crippen LogP contribution in [0.1, 0.15) is 12.1 Å². The van der Waals surface area contributed by atoms with Crippen LogP contribution in [-0.4, -0.2) is 41.6 Å². The number of piperazine rings is 1. The van der Waals surface area contributed by atoms with Crippen LogP contribution in [0.3, 0.4) is 0 Å². The minimum absolute atomic E-state index is 0.0774. The van der Waals surface area contributed by atoms with Crippen LogP contribution in [-0.2, 0) is 6.42 Å². The van der Waals surface area contributed by atoms with Gasteiger partial charge >= 0.3 is 0 Å². The van der Waals surface area contributed by atoms with E-state index in [-0.39, 0.29) is 5.44 Å². The molecule has 1 fully saturated rings. The SMILES string of the molecule is Nc1nc2c(c(N3CCNCC3)n1)OC(S)CC2. The van der Waals surface area contributed by atoms with Crippen LogP contribution in [0, 0.1) is 0 Å². The van der Waals surface area contributed by atoms with Crippen LogP contribution < -0.4 is 20.7 Å². The highest BCUT2D eigenvalue weighted by Crippen LogP contribution is 2.36. The lowest BCUT2D eigenvalue weighted by Crippen LogP contribution is -2.44. The quantitative estimate of drug-likeness (QED) is 0.624. The lowest BCUT2D eigenvalue weighted by Gasteiger charge is -2.32. The molecule has 7 heteroatoms. The van der Waals surface area contributed by atoms with Crippen molar-refractivity contribution in [1.82, 2.24) is 15.3 Å². The van der Waals surface area contributed by atoms with E-state index in [1.165, 1.54) is 0 Å². The molecule has 3 rings (SSSR count). The Balaban J connectivity index is 1.99. The van der Waals surface area contributed by atoms with Crippen molar-refractivity contribution in [2.75, 3.05) is 36.8 Å². The second-order valence-corrected chi connectivity index (χ2v) is 5.11. The summed E-state index contributed by atoms with van der Waals surface area (Å²) in [4.78, 5) is 10.8. The van der Waals surface area contributed by atoms with Gasteiger partial charge in [0.2, 0.25) is 5.95 Å². The van der Waals surface area contributed by atoms with E-state index in [0.717, 1.165) is 56.3 Å². The van der Waals surface area contributed by atoms with Crippen molar-refractivity contribution in [3.05, 3.63) is 5.69 Å². The molecule has 2 aliphatic heterocycles. The topological polar surface area (TPSA) is 76.3 Å². The standard InChI is InChI=1S/C11H17N5OS/c12-11-14-7-1-2-8(18)17-9(7)10(15-11)16-5-3-13-4-6-16/h8,13,18H,1-6H2,(H2,12,14,15). The summed E-state index contributed by atoms with van der Waals surface area (Å²) in [6.07, 6.45) is 1.70. The molecule has 1 saturated heterocycles. The summed E-state index contributed by atoms with van der Waals surface area (Å²) in [6.45, 7) is 3.71. The molecule has 2 aliphatic rings. The van der Waals surface area contributed by atoms with Crippen LogP contribution in [0.2, 0.25) is 0 Å². The molecule has 0 radical (unpaired) electrons. The number of aromatic nitrogens is 2. The van der Waals surface area contributed by atoms with E-state index in [1.54, 1.807) is 0 Å². The fourth-order valence-electron chi connectivity index (χ4n) is 2.34. The molecule has 0 bridgehead atoms. The van der Waals surface area contributed by atoms with E-state index < -0.39 is 0 Å². The van der Waals surface area contributed by atoms with Crippen molar-refractivity contribution in [3.63, 3.8) is 0 Å². The molecular formula is C11H17N5OS. The lowest BCUT2D eigenvalue weighted by atomic mass is 10.1. The smallest absolute Gasteiger partial charge is 0.222 e. The summed E-state index contributed by atoms with van der Waals surface area (Å²) in [5.41, 5.74) is 6.61. The number of hydrogen-bond donors (Lipinski definition) is 3. The number of nitrogens with zero attached hydrogens (tertiary/aromatic N) is 3. The minimum Gasteiger partial charge on any atom is -0.474 e. The van der Waals surface area contributed by atoms with Gasteiger partial charge in [0, 0.05) is 26.2 Å². The second kappa shape index (κ2) is 4.81. The molecule has 3 heterocycles. The maximum atomic E-state index is 5.79. The molecule has 18 heavy (non-hydrogen) atoms. The predicted molar refractivity (Wildman–Crippen MR) is 73.3 cm³/mol. The maximum Gasteiger partial charge on any atom is 0.222 e. The van der Waals surface area contributed by atoms with Crippen molar-refractivity contribution in [2.45, 2.75) is 18.3 Å². The average Bonchev–Trinajstić information content (AvgIpc) is 2.39. The fraction of sp³-hybridized carbons (Fsp3) is 0.636. The van der Waals surface area contributed by atoms with E-state index in [9.17, 15) is 0 Å². The highest BCUT2D eigenvalue weighted by molar-refractivity contribution is 7.80. The number of nitrogens with one attached hydrogen (secondary N) is 1. The third kappa shape index (κ3) is 2.20. The van der Waals surface area contributed by atoms with E-state index >= 15 is 0 Å². The van der Waals surface area contributed by atoms with Gasteiger partial charge in [-0.3, -0.25) is 0 Å². The molecule has 1 unspecified atom stereocenters. The molecule has 0 amide bonds. The first-order valence-corrected chi connectivity index (χ1v) is 6.72. The van der Waals surface area contributed by atoms with E-state index in [1.807, 2.05) is 0 Å². The first-order valence-electron chi connectivity index (χ1n) is 6.21. The molecular weight excluding hydrogens is 250 g/mol. The summed E-state index contributed by atoms with van der Waals surface area (Å²) < 4.78 is 5.79.